The number of amides is 1. The van der Waals surface area contributed by atoms with Gasteiger partial charge in [0.1, 0.15) is 12.1 Å². The Labute approximate surface area is 142 Å². The summed E-state index contributed by atoms with van der Waals surface area (Å²) in [5.41, 5.74) is 0.767. The second-order valence-electron chi connectivity index (χ2n) is 7.08. The molecule has 0 radical (unpaired) electrons. The van der Waals surface area contributed by atoms with Gasteiger partial charge < -0.3 is 4.90 Å². The molecule has 24 heavy (non-hydrogen) atoms. The summed E-state index contributed by atoms with van der Waals surface area (Å²) in [7, 11) is 0. The molecule has 1 saturated carbocycles. The van der Waals surface area contributed by atoms with Crippen molar-refractivity contribution in [3.63, 3.8) is 0 Å². The third-order valence-corrected chi connectivity index (χ3v) is 5.57. The first kappa shape index (κ1) is 16.6. The van der Waals surface area contributed by atoms with Gasteiger partial charge in [0.05, 0.1) is 0 Å². The van der Waals surface area contributed by atoms with Crippen molar-refractivity contribution in [1.82, 2.24) is 4.90 Å². The molecule has 0 bridgehead atoms. The summed E-state index contributed by atoms with van der Waals surface area (Å²) in [5, 5.41) is 0. The highest BCUT2D eigenvalue weighted by atomic mass is 16.2. The first-order valence-corrected chi connectivity index (χ1v) is 8.52. The molecule has 126 valence electrons. The number of hydrogen-bond acceptors (Lipinski definition) is 3. The van der Waals surface area contributed by atoms with Gasteiger partial charge in [0.15, 0.2) is 0 Å². The molecule has 0 aromatic heterocycles. The minimum Gasteiger partial charge on any atom is -0.335 e. The number of aldehydes is 1. The number of fused-ring (bicyclic) bond motifs is 1. The predicted octanol–water partition coefficient (Wildman–Crippen LogP) is 2.92. The molecule has 0 unspecified atom stereocenters. The van der Waals surface area contributed by atoms with Crippen LogP contribution in [0, 0.1) is 11.3 Å². The first-order valence-electron chi connectivity index (χ1n) is 8.52. The predicted molar refractivity (Wildman–Crippen MR) is 91.1 cm³/mol. The molecule has 1 aromatic carbocycles. The van der Waals surface area contributed by atoms with Gasteiger partial charge in [0.25, 0.3) is 0 Å². The maximum Gasteiger partial charge on any atom is 0.227 e. The van der Waals surface area contributed by atoms with E-state index in [0.717, 1.165) is 18.3 Å². The van der Waals surface area contributed by atoms with Crippen molar-refractivity contribution in [3.8, 4) is 0 Å². The second-order valence-corrected chi connectivity index (χ2v) is 7.08. The van der Waals surface area contributed by atoms with Gasteiger partial charge >= 0.3 is 0 Å². The zero-order valence-electron chi connectivity index (χ0n) is 14.0. The fourth-order valence-electron chi connectivity index (χ4n) is 4.37. The Hall–Kier alpha value is -2.23. The van der Waals surface area contributed by atoms with Crippen LogP contribution in [0.25, 0.3) is 0 Å². The quantitative estimate of drug-likeness (QED) is 0.618. The summed E-state index contributed by atoms with van der Waals surface area (Å²) < 4.78 is 0. The molecule has 3 atom stereocenters. The van der Waals surface area contributed by atoms with Crippen molar-refractivity contribution >= 4 is 18.0 Å². The number of benzene rings is 1. The van der Waals surface area contributed by atoms with Crippen molar-refractivity contribution < 1.29 is 14.4 Å². The summed E-state index contributed by atoms with van der Waals surface area (Å²) in [6.45, 7) is 2.65. The standard InChI is InChI=1S/C20H23NO3/c1-20-13-16(23)10-11-18(20)21(14-15-7-3-2-4-8-15)19(24)17(20)9-5-6-12-22/h2-8,12,17-18H,9-11,13-14H2,1H3/b6-5+/t17-,18-,20-/m1/s1. The number of carbonyl (C=O) groups is 3. The monoisotopic (exact) mass is 325 g/mol. The molecule has 1 heterocycles. The fraction of sp³-hybridized carbons (Fsp3) is 0.450. The van der Waals surface area contributed by atoms with E-state index in [-0.39, 0.29) is 29.1 Å². The van der Waals surface area contributed by atoms with Crippen LogP contribution >= 0.6 is 0 Å². The summed E-state index contributed by atoms with van der Waals surface area (Å²) in [5.74, 6) is 0.121. The number of ketones is 1. The summed E-state index contributed by atoms with van der Waals surface area (Å²) in [6, 6.07) is 10.1. The third-order valence-electron chi connectivity index (χ3n) is 5.57. The minimum atomic E-state index is -0.339. The molecule has 4 heteroatoms. The van der Waals surface area contributed by atoms with E-state index < -0.39 is 0 Å². The highest BCUT2D eigenvalue weighted by Gasteiger charge is 2.57. The van der Waals surface area contributed by atoms with E-state index in [1.807, 2.05) is 35.2 Å². The number of hydrogen-bond donors (Lipinski definition) is 0. The van der Waals surface area contributed by atoms with E-state index in [1.165, 1.54) is 6.08 Å². The van der Waals surface area contributed by atoms with Crippen LogP contribution in [0.15, 0.2) is 42.5 Å². The molecule has 1 aliphatic heterocycles. The molecular formula is C20H23NO3. The molecule has 1 saturated heterocycles. The molecule has 1 amide bonds. The first-order chi connectivity index (χ1) is 11.6. The number of likely N-dealkylation sites (tertiary alicyclic amines) is 1. The average molecular weight is 325 g/mol. The fourth-order valence-corrected chi connectivity index (χ4v) is 4.37. The van der Waals surface area contributed by atoms with Crippen LogP contribution in [0.4, 0.5) is 0 Å². The number of carbonyl (C=O) groups excluding carboxylic acids is 3. The number of rotatable bonds is 5. The van der Waals surface area contributed by atoms with Crippen molar-refractivity contribution in [2.24, 2.45) is 11.3 Å². The van der Waals surface area contributed by atoms with Crippen LogP contribution in [0.3, 0.4) is 0 Å². The van der Waals surface area contributed by atoms with Gasteiger partial charge in [-0.2, -0.15) is 0 Å². The molecule has 1 aliphatic carbocycles. The summed E-state index contributed by atoms with van der Waals surface area (Å²) >= 11 is 0. The Morgan fingerprint density at radius 3 is 2.71 bits per heavy atom. The SMILES string of the molecule is C[C@]12CC(=O)CC[C@H]1N(Cc1ccccc1)C(=O)[C@H]2C/C=C/C=O. The topological polar surface area (TPSA) is 54.5 Å². The van der Waals surface area contributed by atoms with Crippen LogP contribution in [-0.4, -0.2) is 28.9 Å². The minimum absolute atomic E-state index is 0.0949. The van der Waals surface area contributed by atoms with Gasteiger partial charge in [-0.15, -0.1) is 0 Å². The van der Waals surface area contributed by atoms with Gasteiger partial charge in [-0.3, -0.25) is 14.4 Å². The Kier molecular flexibility index (Phi) is 4.65. The maximum atomic E-state index is 13.1. The van der Waals surface area contributed by atoms with Crippen molar-refractivity contribution in [3.05, 3.63) is 48.0 Å². The molecule has 3 rings (SSSR count). The zero-order chi connectivity index (χ0) is 17.2. The van der Waals surface area contributed by atoms with Gasteiger partial charge in [-0.05, 0) is 24.5 Å². The average Bonchev–Trinajstić information content (AvgIpc) is 2.76. The van der Waals surface area contributed by atoms with Gasteiger partial charge in [0.2, 0.25) is 5.91 Å². The highest BCUT2D eigenvalue weighted by molar-refractivity contribution is 5.88. The molecule has 1 aromatic rings. The highest BCUT2D eigenvalue weighted by Crippen LogP contribution is 2.51. The molecule has 2 fully saturated rings. The Morgan fingerprint density at radius 2 is 2.00 bits per heavy atom. The van der Waals surface area contributed by atoms with Gasteiger partial charge in [-0.1, -0.05) is 43.3 Å². The number of Topliss-reactive ketones (excluding diaryl/α,β-unsaturated/α-hetero) is 1. The molecule has 2 aliphatic rings. The van der Waals surface area contributed by atoms with Crippen LogP contribution in [0.1, 0.15) is 38.2 Å². The lowest BCUT2D eigenvalue weighted by Crippen LogP contribution is -2.44. The lowest BCUT2D eigenvalue weighted by molar-refractivity contribution is -0.132. The van der Waals surface area contributed by atoms with E-state index in [9.17, 15) is 14.4 Å². The Bertz CT molecular complexity index is 667. The van der Waals surface area contributed by atoms with Crippen LogP contribution in [0.2, 0.25) is 0 Å². The maximum absolute atomic E-state index is 13.1. The Balaban J connectivity index is 1.89. The Morgan fingerprint density at radius 1 is 1.25 bits per heavy atom. The largest absolute Gasteiger partial charge is 0.335 e. The number of nitrogens with zero attached hydrogens (tertiary/aromatic N) is 1. The van der Waals surface area contributed by atoms with Crippen LogP contribution < -0.4 is 0 Å². The van der Waals surface area contributed by atoms with Gasteiger partial charge in [-0.25, -0.2) is 0 Å². The van der Waals surface area contributed by atoms with Crippen molar-refractivity contribution in [1.29, 1.82) is 0 Å². The molecule has 0 spiro atoms. The smallest absolute Gasteiger partial charge is 0.227 e. The van der Waals surface area contributed by atoms with E-state index in [4.69, 9.17) is 0 Å². The van der Waals surface area contributed by atoms with E-state index >= 15 is 0 Å². The lowest BCUT2D eigenvalue weighted by atomic mass is 9.65. The van der Waals surface area contributed by atoms with E-state index in [0.29, 0.717) is 25.8 Å². The summed E-state index contributed by atoms with van der Waals surface area (Å²) in [4.78, 5) is 37.6. The van der Waals surface area contributed by atoms with Crippen LogP contribution in [-0.2, 0) is 20.9 Å². The van der Waals surface area contributed by atoms with Crippen molar-refractivity contribution in [2.75, 3.05) is 0 Å². The lowest BCUT2D eigenvalue weighted by Gasteiger charge is -2.40. The van der Waals surface area contributed by atoms with Crippen molar-refractivity contribution in [2.45, 2.75) is 45.2 Å². The number of allylic oxidation sites excluding steroid dienone is 2. The third kappa shape index (κ3) is 2.93. The van der Waals surface area contributed by atoms with Gasteiger partial charge in [0, 0.05) is 36.8 Å². The summed E-state index contributed by atoms with van der Waals surface area (Å²) in [6.07, 6.45) is 6.18. The molecule has 4 nitrogen and oxygen atoms in total. The second kappa shape index (κ2) is 6.71. The molecule has 0 N–H and O–H groups in total. The van der Waals surface area contributed by atoms with E-state index in [2.05, 4.69) is 6.92 Å². The molecular weight excluding hydrogens is 302 g/mol. The normalized spacial score (nSPS) is 30.0. The zero-order valence-corrected chi connectivity index (χ0v) is 14.0. The van der Waals surface area contributed by atoms with E-state index in [1.54, 1.807) is 6.08 Å². The van der Waals surface area contributed by atoms with Crippen LogP contribution in [0.5, 0.6) is 0 Å².